The number of aliphatic hydroxyl groups is 1. The van der Waals surface area contributed by atoms with Gasteiger partial charge in [0.2, 0.25) is 11.9 Å². The number of anilines is 2. The highest BCUT2D eigenvalue weighted by Gasteiger charge is 2.29. The third-order valence-corrected chi connectivity index (χ3v) is 3.06. The minimum absolute atomic E-state index is 0.296. The molecule has 1 aliphatic carbocycles. The predicted octanol–water partition coefficient (Wildman–Crippen LogP) is 1.28. The maximum absolute atomic E-state index is 9.85. The molecule has 1 aliphatic rings. The zero-order valence-corrected chi connectivity index (χ0v) is 12.1. The summed E-state index contributed by atoms with van der Waals surface area (Å²) in [4.78, 5) is 12.6. The van der Waals surface area contributed by atoms with Gasteiger partial charge in [0.15, 0.2) is 0 Å². The van der Waals surface area contributed by atoms with Crippen LogP contribution in [-0.2, 0) is 0 Å². The van der Waals surface area contributed by atoms with Crippen molar-refractivity contribution < 1.29 is 9.84 Å². The average molecular weight is 281 g/mol. The Labute approximate surface area is 119 Å². The number of nitrogens with zero attached hydrogens (tertiary/aromatic N) is 3. The first-order valence-corrected chi connectivity index (χ1v) is 7.27. The van der Waals surface area contributed by atoms with Crippen molar-refractivity contribution in [2.45, 2.75) is 39.2 Å². The fourth-order valence-electron chi connectivity index (χ4n) is 1.79. The molecule has 7 heteroatoms. The van der Waals surface area contributed by atoms with Crippen LogP contribution in [0.25, 0.3) is 0 Å². The highest BCUT2D eigenvalue weighted by atomic mass is 16.5. The molecule has 1 heterocycles. The Morgan fingerprint density at radius 1 is 1.20 bits per heavy atom. The second kappa shape index (κ2) is 7.23. The zero-order chi connectivity index (χ0) is 14.4. The van der Waals surface area contributed by atoms with Gasteiger partial charge in [0.1, 0.15) is 0 Å². The lowest BCUT2D eigenvalue weighted by atomic mass is 10.2. The van der Waals surface area contributed by atoms with Crippen molar-refractivity contribution in [1.82, 2.24) is 15.0 Å². The Hall–Kier alpha value is -1.63. The van der Waals surface area contributed by atoms with Crippen molar-refractivity contribution in [2.24, 2.45) is 5.92 Å². The maximum atomic E-state index is 9.85. The van der Waals surface area contributed by atoms with E-state index in [1.54, 1.807) is 0 Å². The first kappa shape index (κ1) is 14.8. The second-order valence-corrected chi connectivity index (χ2v) is 4.91. The van der Waals surface area contributed by atoms with Gasteiger partial charge in [0, 0.05) is 13.1 Å². The van der Waals surface area contributed by atoms with Crippen molar-refractivity contribution in [1.29, 1.82) is 0 Å². The van der Waals surface area contributed by atoms with Gasteiger partial charge in [0.25, 0.3) is 0 Å². The van der Waals surface area contributed by atoms with E-state index in [9.17, 15) is 5.11 Å². The quantitative estimate of drug-likeness (QED) is 0.628. The van der Waals surface area contributed by atoms with Gasteiger partial charge in [-0.05, 0) is 32.1 Å². The number of nitrogens with one attached hydrogen (secondary N) is 2. The summed E-state index contributed by atoms with van der Waals surface area (Å²) in [5, 5.41) is 16.0. The molecule has 0 bridgehead atoms. The van der Waals surface area contributed by atoms with Gasteiger partial charge in [-0.2, -0.15) is 15.0 Å². The molecule has 3 N–H and O–H groups in total. The zero-order valence-electron chi connectivity index (χ0n) is 12.1. The minimum atomic E-state index is -0.339. The molecule has 20 heavy (non-hydrogen) atoms. The number of hydrogen-bond acceptors (Lipinski definition) is 7. The summed E-state index contributed by atoms with van der Waals surface area (Å²) in [5.74, 6) is 1.35. The van der Waals surface area contributed by atoms with E-state index in [4.69, 9.17) is 4.74 Å². The van der Waals surface area contributed by atoms with E-state index in [0.717, 1.165) is 25.8 Å². The summed E-state index contributed by atoms with van der Waals surface area (Å²) in [6.45, 7) is 5.70. The van der Waals surface area contributed by atoms with Gasteiger partial charge in [-0.1, -0.05) is 6.92 Å². The normalized spacial score (nSPS) is 15.8. The van der Waals surface area contributed by atoms with Gasteiger partial charge >= 0.3 is 6.01 Å². The smallest absolute Gasteiger partial charge is 0.323 e. The summed E-state index contributed by atoms with van der Waals surface area (Å²) in [5.41, 5.74) is 0. The fourth-order valence-corrected chi connectivity index (χ4v) is 1.79. The Morgan fingerprint density at radius 3 is 2.50 bits per heavy atom. The first-order valence-electron chi connectivity index (χ1n) is 7.27. The van der Waals surface area contributed by atoms with Crippen molar-refractivity contribution in [2.75, 3.05) is 30.3 Å². The van der Waals surface area contributed by atoms with Crippen LogP contribution in [0.15, 0.2) is 0 Å². The lowest BCUT2D eigenvalue weighted by Crippen LogP contribution is -2.23. The van der Waals surface area contributed by atoms with Crippen LogP contribution in [0.1, 0.15) is 33.1 Å². The van der Waals surface area contributed by atoms with Crippen LogP contribution in [0.5, 0.6) is 6.01 Å². The number of hydrogen-bond donors (Lipinski definition) is 3. The molecule has 2 rings (SSSR count). The molecule has 0 aliphatic heterocycles. The first-order chi connectivity index (χ1) is 9.72. The van der Waals surface area contributed by atoms with Crippen molar-refractivity contribution in [3.05, 3.63) is 0 Å². The highest BCUT2D eigenvalue weighted by Crippen LogP contribution is 2.32. The third kappa shape index (κ3) is 4.48. The standard InChI is InChI=1S/C13H23N5O2/c1-3-7-14-11-16-12(18-13(17-11)20-4-2)15-8-10(19)9-5-6-9/h9-10,19H,3-8H2,1-2H3,(H2,14,15,16,17,18). The average Bonchev–Trinajstić information content (AvgIpc) is 3.27. The Morgan fingerprint density at radius 2 is 1.90 bits per heavy atom. The van der Waals surface area contributed by atoms with Crippen LogP contribution < -0.4 is 15.4 Å². The summed E-state index contributed by atoms with van der Waals surface area (Å²) in [7, 11) is 0. The summed E-state index contributed by atoms with van der Waals surface area (Å²) < 4.78 is 5.33. The molecular weight excluding hydrogens is 258 g/mol. The number of aliphatic hydroxyl groups excluding tert-OH is 1. The van der Waals surface area contributed by atoms with Crippen molar-refractivity contribution in [3.63, 3.8) is 0 Å². The highest BCUT2D eigenvalue weighted by molar-refractivity contribution is 5.36. The van der Waals surface area contributed by atoms with Crippen molar-refractivity contribution in [3.8, 4) is 6.01 Å². The third-order valence-electron chi connectivity index (χ3n) is 3.06. The monoisotopic (exact) mass is 281 g/mol. The Kier molecular flexibility index (Phi) is 5.34. The minimum Gasteiger partial charge on any atom is -0.464 e. The van der Waals surface area contributed by atoms with E-state index >= 15 is 0 Å². The topological polar surface area (TPSA) is 92.2 Å². The van der Waals surface area contributed by atoms with Gasteiger partial charge < -0.3 is 20.5 Å². The molecule has 1 atom stereocenters. The molecule has 112 valence electrons. The van der Waals surface area contributed by atoms with Crippen LogP contribution in [0.2, 0.25) is 0 Å². The lowest BCUT2D eigenvalue weighted by Gasteiger charge is -2.12. The summed E-state index contributed by atoms with van der Waals surface area (Å²) >= 11 is 0. The van der Waals surface area contributed by atoms with E-state index in [0.29, 0.717) is 37.0 Å². The van der Waals surface area contributed by atoms with E-state index in [1.165, 1.54) is 0 Å². The number of ether oxygens (including phenoxy) is 1. The van der Waals surface area contributed by atoms with Crippen molar-refractivity contribution >= 4 is 11.9 Å². The number of aromatic nitrogens is 3. The van der Waals surface area contributed by atoms with Crippen LogP contribution in [0.4, 0.5) is 11.9 Å². The predicted molar refractivity (Wildman–Crippen MR) is 77.0 cm³/mol. The summed E-state index contributed by atoms with van der Waals surface area (Å²) in [6.07, 6.45) is 2.86. The van der Waals surface area contributed by atoms with E-state index in [2.05, 4.69) is 32.5 Å². The molecule has 0 amide bonds. The lowest BCUT2D eigenvalue weighted by molar-refractivity contribution is 0.164. The number of rotatable bonds is 9. The maximum Gasteiger partial charge on any atom is 0.323 e. The molecule has 0 spiro atoms. The molecule has 1 fully saturated rings. The summed E-state index contributed by atoms with van der Waals surface area (Å²) in [6, 6.07) is 0.296. The van der Waals surface area contributed by atoms with Crippen LogP contribution in [-0.4, -0.2) is 45.9 Å². The molecule has 0 aromatic carbocycles. The van der Waals surface area contributed by atoms with Gasteiger partial charge in [-0.3, -0.25) is 0 Å². The van der Waals surface area contributed by atoms with Gasteiger partial charge in [0.05, 0.1) is 12.7 Å². The van der Waals surface area contributed by atoms with E-state index in [1.807, 2.05) is 6.92 Å². The molecule has 1 saturated carbocycles. The molecule has 0 radical (unpaired) electrons. The van der Waals surface area contributed by atoms with Gasteiger partial charge in [-0.15, -0.1) is 0 Å². The molecular formula is C13H23N5O2. The second-order valence-electron chi connectivity index (χ2n) is 4.91. The van der Waals surface area contributed by atoms with E-state index in [-0.39, 0.29) is 6.10 Å². The van der Waals surface area contributed by atoms with Crippen LogP contribution >= 0.6 is 0 Å². The SMILES string of the molecule is CCCNc1nc(NCC(O)C2CC2)nc(OCC)n1. The van der Waals surface area contributed by atoms with E-state index < -0.39 is 0 Å². The van der Waals surface area contributed by atoms with Crippen LogP contribution in [0.3, 0.4) is 0 Å². The largest absolute Gasteiger partial charge is 0.464 e. The molecule has 1 unspecified atom stereocenters. The fraction of sp³-hybridized carbons (Fsp3) is 0.769. The molecule has 7 nitrogen and oxygen atoms in total. The Bertz CT molecular complexity index is 425. The van der Waals surface area contributed by atoms with Gasteiger partial charge in [-0.25, -0.2) is 0 Å². The van der Waals surface area contributed by atoms with Crippen LogP contribution in [0, 0.1) is 5.92 Å². The molecule has 0 saturated heterocycles. The molecule has 1 aromatic heterocycles. The molecule has 1 aromatic rings. The Balaban J connectivity index is 1.98.